The maximum atomic E-state index is 11.8. The highest BCUT2D eigenvalue weighted by molar-refractivity contribution is 9.10. The van der Waals surface area contributed by atoms with E-state index in [-0.39, 0.29) is 11.9 Å². The highest BCUT2D eigenvalue weighted by Crippen LogP contribution is 2.17. The molecule has 2 N–H and O–H groups in total. The van der Waals surface area contributed by atoms with Gasteiger partial charge in [-0.15, -0.1) is 0 Å². The highest BCUT2D eigenvalue weighted by atomic mass is 79.9. The predicted octanol–water partition coefficient (Wildman–Crippen LogP) is 2.77. The third-order valence-electron chi connectivity index (χ3n) is 2.08. The van der Waals surface area contributed by atoms with Crippen molar-refractivity contribution in [3.63, 3.8) is 0 Å². The average Bonchev–Trinajstić information content (AvgIpc) is 2.20. The van der Waals surface area contributed by atoms with Crippen molar-refractivity contribution in [3.8, 4) is 0 Å². The number of benzene rings is 1. The number of aryl methyl sites for hydroxylation is 1. The minimum Gasteiger partial charge on any atom is -0.360 e. The summed E-state index contributed by atoms with van der Waals surface area (Å²) in [7, 11) is 0. The molecule has 0 bridgehead atoms. The number of carbonyl (C=O) groups is 1. The maximum absolute atomic E-state index is 11.8. The summed E-state index contributed by atoms with van der Waals surface area (Å²) in [4.78, 5) is 11.8. The lowest BCUT2D eigenvalue weighted by Gasteiger charge is -2.12. The van der Waals surface area contributed by atoms with Gasteiger partial charge in [0, 0.05) is 16.1 Å². The Kier molecular flexibility index (Phi) is 5.08. The van der Waals surface area contributed by atoms with Crippen LogP contribution in [-0.2, 0) is 0 Å². The Morgan fingerprint density at radius 3 is 2.59 bits per heavy atom. The lowest BCUT2D eigenvalue weighted by molar-refractivity contribution is 0.0976. The lowest BCUT2D eigenvalue weighted by Crippen LogP contribution is -2.42. The second-order valence-corrected chi connectivity index (χ2v) is 5.31. The van der Waals surface area contributed by atoms with Crippen LogP contribution in [0.15, 0.2) is 22.7 Å². The standard InChI is InChI=1S/C12H15BrN2OS/c1-7(2)14-12(17)15-11(16)9-5-4-8(3)10(13)6-9/h4-7H,1-3H3,(H2,14,15,16,17). The van der Waals surface area contributed by atoms with Gasteiger partial charge in [-0.05, 0) is 50.7 Å². The molecule has 0 unspecified atom stereocenters. The molecule has 1 amide bonds. The normalized spacial score (nSPS) is 10.2. The molecule has 0 spiro atoms. The third kappa shape index (κ3) is 4.44. The molecule has 1 aromatic carbocycles. The lowest BCUT2D eigenvalue weighted by atomic mass is 10.1. The van der Waals surface area contributed by atoms with Crippen molar-refractivity contribution < 1.29 is 4.79 Å². The van der Waals surface area contributed by atoms with E-state index in [4.69, 9.17) is 12.2 Å². The molecule has 0 aliphatic heterocycles. The summed E-state index contributed by atoms with van der Waals surface area (Å²) < 4.78 is 0.910. The van der Waals surface area contributed by atoms with Crippen LogP contribution in [-0.4, -0.2) is 17.1 Å². The second kappa shape index (κ2) is 6.12. The van der Waals surface area contributed by atoms with Gasteiger partial charge >= 0.3 is 0 Å². The molecule has 5 heteroatoms. The van der Waals surface area contributed by atoms with Crippen molar-refractivity contribution in [3.05, 3.63) is 33.8 Å². The van der Waals surface area contributed by atoms with Crippen LogP contribution in [0, 0.1) is 6.92 Å². The Balaban J connectivity index is 2.70. The van der Waals surface area contributed by atoms with Gasteiger partial charge in [0.05, 0.1) is 0 Å². The fourth-order valence-corrected chi connectivity index (χ4v) is 1.91. The van der Waals surface area contributed by atoms with Crippen LogP contribution in [0.1, 0.15) is 29.8 Å². The van der Waals surface area contributed by atoms with E-state index in [0.717, 1.165) is 10.0 Å². The number of hydrogen-bond acceptors (Lipinski definition) is 2. The van der Waals surface area contributed by atoms with Crippen molar-refractivity contribution in [1.29, 1.82) is 0 Å². The van der Waals surface area contributed by atoms with Gasteiger partial charge in [-0.2, -0.15) is 0 Å². The van der Waals surface area contributed by atoms with Crippen LogP contribution in [0.4, 0.5) is 0 Å². The van der Waals surface area contributed by atoms with Gasteiger partial charge in [-0.3, -0.25) is 10.1 Å². The summed E-state index contributed by atoms with van der Waals surface area (Å²) in [5.74, 6) is -0.205. The van der Waals surface area contributed by atoms with Crippen molar-refractivity contribution in [1.82, 2.24) is 10.6 Å². The van der Waals surface area contributed by atoms with Gasteiger partial charge in [0.2, 0.25) is 0 Å². The molecule has 0 heterocycles. The van der Waals surface area contributed by atoms with Crippen LogP contribution in [0.2, 0.25) is 0 Å². The van der Waals surface area contributed by atoms with Gasteiger partial charge in [-0.1, -0.05) is 22.0 Å². The minimum atomic E-state index is -0.205. The van der Waals surface area contributed by atoms with Gasteiger partial charge < -0.3 is 5.32 Å². The first-order chi connectivity index (χ1) is 7.90. The van der Waals surface area contributed by atoms with Gasteiger partial charge in [0.1, 0.15) is 0 Å². The van der Waals surface area contributed by atoms with Crippen LogP contribution in [0.3, 0.4) is 0 Å². The fourth-order valence-electron chi connectivity index (χ4n) is 1.21. The summed E-state index contributed by atoms with van der Waals surface area (Å²) in [6.07, 6.45) is 0. The van der Waals surface area contributed by atoms with Crippen molar-refractivity contribution in [2.75, 3.05) is 0 Å². The van der Waals surface area contributed by atoms with E-state index in [1.165, 1.54) is 0 Å². The predicted molar refractivity (Wildman–Crippen MR) is 77.2 cm³/mol. The second-order valence-electron chi connectivity index (χ2n) is 4.05. The molecule has 0 aromatic heterocycles. The SMILES string of the molecule is Cc1ccc(C(=O)NC(=S)NC(C)C)cc1Br. The number of hydrogen-bond donors (Lipinski definition) is 2. The summed E-state index contributed by atoms with van der Waals surface area (Å²) in [5, 5.41) is 5.94. The van der Waals surface area contributed by atoms with E-state index < -0.39 is 0 Å². The van der Waals surface area contributed by atoms with Crippen LogP contribution in [0.25, 0.3) is 0 Å². The first-order valence-electron chi connectivity index (χ1n) is 5.28. The van der Waals surface area contributed by atoms with Crippen molar-refractivity contribution >= 4 is 39.2 Å². The topological polar surface area (TPSA) is 41.1 Å². The number of nitrogens with one attached hydrogen (secondary N) is 2. The van der Waals surface area contributed by atoms with Crippen molar-refractivity contribution in [2.24, 2.45) is 0 Å². The maximum Gasteiger partial charge on any atom is 0.257 e. The molecule has 92 valence electrons. The first-order valence-corrected chi connectivity index (χ1v) is 6.48. The molecule has 0 fully saturated rings. The molecule has 0 saturated heterocycles. The molecule has 0 radical (unpaired) electrons. The molecule has 0 aliphatic rings. The van der Waals surface area contributed by atoms with Gasteiger partial charge in [0.15, 0.2) is 5.11 Å². The van der Waals surface area contributed by atoms with E-state index in [0.29, 0.717) is 10.7 Å². The Hall–Kier alpha value is -0.940. The molecule has 1 aromatic rings. The number of thiocarbonyl (C=S) groups is 1. The highest BCUT2D eigenvalue weighted by Gasteiger charge is 2.09. The van der Waals surface area contributed by atoms with Gasteiger partial charge in [-0.25, -0.2) is 0 Å². The van der Waals surface area contributed by atoms with E-state index in [9.17, 15) is 4.79 Å². The smallest absolute Gasteiger partial charge is 0.257 e. The Morgan fingerprint density at radius 2 is 2.06 bits per heavy atom. The molecule has 17 heavy (non-hydrogen) atoms. The first kappa shape index (κ1) is 14.1. The summed E-state index contributed by atoms with van der Waals surface area (Å²) in [6.45, 7) is 5.89. The molecule has 0 saturated carbocycles. The molecule has 3 nitrogen and oxygen atoms in total. The quantitative estimate of drug-likeness (QED) is 0.825. The summed E-state index contributed by atoms with van der Waals surface area (Å²) in [6, 6.07) is 5.64. The number of rotatable bonds is 2. The Bertz CT molecular complexity index is 446. The summed E-state index contributed by atoms with van der Waals surface area (Å²) >= 11 is 8.40. The van der Waals surface area contributed by atoms with Crippen LogP contribution < -0.4 is 10.6 Å². The zero-order valence-corrected chi connectivity index (χ0v) is 12.4. The van der Waals surface area contributed by atoms with Crippen LogP contribution in [0.5, 0.6) is 0 Å². The van der Waals surface area contributed by atoms with Gasteiger partial charge in [0.25, 0.3) is 5.91 Å². The molecule has 1 rings (SSSR count). The monoisotopic (exact) mass is 314 g/mol. The van der Waals surface area contributed by atoms with E-state index in [1.807, 2.05) is 26.8 Å². The van der Waals surface area contributed by atoms with Crippen molar-refractivity contribution in [2.45, 2.75) is 26.8 Å². The van der Waals surface area contributed by atoms with E-state index in [2.05, 4.69) is 26.6 Å². The summed E-state index contributed by atoms with van der Waals surface area (Å²) in [5.41, 5.74) is 1.67. The van der Waals surface area contributed by atoms with E-state index in [1.54, 1.807) is 12.1 Å². The average molecular weight is 315 g/mol. The zero-order chi connectivity index (χ0) is 13.0. The largest absolute Gasteiger partial charge is 0.360 e. The molecule has 0 atom stereocenters. The number of halogens is 1. The van der Waals surface area contributed by atoms with Crippen LogP contribution >= 0.6 is 28.1 Å². The Labute approximate surface area is 115 Å². The third-order valence-corrected chi connectivity index (χ3v) is 3.16. The molecule has 0 aliphatic carbocycles. The number of carbonyl (C=O) groups excluding carboxylic acids is 1. The Morgan fingerprint density at radius 1 is 1.41 bits per heavy atom. The fraction of sp³-hybridized carbons (Fsp3) is 0.333. The zero-order valence-electron chi connectivity index (χ0n) is 10.0. The number of amides is 1. The molecular formula is C12H15BrN2OS. The van der Waals surface area contributed by atoms with E-state index >= 15 is 0 Å². The minimum absolute atomic E-state index is 0.201. The molecular weight excluding hydrogens is 300 g/mol.